The Balaban J connectivity index is 1.41. The molecular weight excluding hydrogens is 364 g/mol. The van der Waals surface area contributed by atoms with Gasteiger partial charge in [0.2, 0.25) is 5.95 Å². The summed E-state index contributed by atoms with van der Waals surface area (Å²) < 4.78 is 2.10. The van der Waals surface area contributed by atoms with Gasteiger partial charge in [-0.05, 0) is 43.4 Å². The van der Waals surface area contributed by atoms with Crippen molar-refractivity contribution >= 4 is 17.4 Å². The second-order valence-electron chi connectivity index (χ2n) is 7.97. The van der Waals surface area contributed by atoms with E-state index >= 15 is 0 Å². The third-order valence-electron chi connectivity index (χ3n) is 6.08. The summed E-state index contributed by atoms with van der Waals surface area (Å²) in [6.45, 7) is 4.23. The molecule has 8 heteroatoms. The molecule has 29 heavy (non-hydrogen) atoms. The molecule has 0 atom stereocenters. The normalized spacial score (nSPS) is 15.4. The molecule has 2 N–H and O–H groups in total. The zero-order valence-electron chi connectivity index (χ0n) is 16.7. The van der Waals surface area contributed by atoms with Gasteiger partial charge in [-0.2, -0.15) is 5.10 Å². The van der Waals surface area contributed by atoms with Crippen LogP contribution in [0.2, 0.25) is 0 Å². The monoisotopic (exact) mass is 388 g/mol. The molecule has 4 aromatic heterocycles. The number of hydrogen-bond donors (Lipinski definition) is 2. The maximum Gasteiger partial charge on any atom is 0.228 e. The molecule has 0 saturated heterocycles. The molecule has 0 bridgehead atoms. The van der Waals surface area contributed by atoms with E-state index in [9.17, 15) is 0 Å². The number of aromatic nitrogens is 7. The molecule has 148 valence electrons. The lowest BCUT2D eigenvalue weighted by Crippen LogP contribution is -2.31. The summed E-state index contributed by atoms with van der Waals surface area (Å²) in [5.41, 5.74) is 4.04. The van der Waals surface area contributed by atoms with E-state index in [2.05, 4.69) is 53.1 Å². The Morgan fingerprint density at radius 1 is 1.21 bits per heavy atom. The van der Waals surface area contributed by atoms with Crippen LogP contribution in [0.4, 0.5) is 11.8 Å². The lowest BCUT2D eigenvalue weighted by Gasteiger charge is -2.40. The van der Waals surface area contributed by atoms with Crippen LogP contribution in [0.1, 0.15) is 44.1 Å². The molecule has 0 unspecified atom stereocenters. The average Bonchev–Trinajstić information content (AvgIpc) is 3.30. The van der Waals surface area contributed by atoms with Gasteiger partial charge in [0, 0.05) is 36.1 Å². The first-order valence-corrected chi connectivity index (χ1v) is 10.1. The molecule has 4 heterocycles. The molecule has 0 aromatic carbocycles. The fraction of sp³-hybridized carbons (Fsp3) is 0.381. The number of nitrogens with zero attached hydrogens (tertiary/aromatic N) is 6. The minimum atomic E-state index is 0.416. The third-order valence-corrected chi connectivity index (χ3v) is 6.08. The Labute approximate surface area is 168 Å². The molecule has 0 radical (unpaired) electrons. The van der Waals surface area contributed by atoms with Crippen LogP contribution >= 0.6 is 0 Å². The summed E-state index contributed by atoms with van der Waals surface area (Å²) in [6.07, 6.45) is 9.91. The fourth-order valence-electron chi connectivity index (χ4n) is 4.06. The Hall–Kier alpha value is -3.29. The Bertz CT molecular complexity index is 1150. The Kier molecular flexibility index (Phi) is 4.26. The predicted octanol–water partition coefficient (Wildman–Crippen LogP) is 4.08. The maximum atomic E-state index is 4.62. The molecule has 1 aliphatic carbocycles. The molecule has 1 saturated carbocycles. The zero-order valence-corrected chi connectivity index (χ0v) is 16.7. The van der Waals surface area contributed by atoms with Crippen LogP contribution in [0.15, 0.2) is 36.7 Å². The van der Waals surface area contributed by atoms with Crippen molar-refractivity contribution in [2.24, 2.45) is 5.41 Å². The fourth-order valence-corrected chi connectivity index (χ4v) is 4.06. The van der Waals surface area contributed by atoms with Gasteiger partial charge in [-0.25, -0.2) is 9.97 Å². The number of nitrogens with one attached hydrogen (secondary N) is 2. The van der Waals surface area contributed by atoms with Crippen molar-refractivity contribution in [3.8, 4) is 11.3 Å². The summed E-state index contributed by atoms with van der Waals surface area (Å²) >= 11 is 0. The number of anilines is 2. The summed E-state index contributed by atoms with van der Waals surface area (Å²) in [6, 6.07) is 7.89. The third kappa shape index (κ3) is 3.35. The van der Waals surface area contributed by atoms with Crippen LogP contribution in [-0.2, 0) is 6.42 Å². The van der Waals surface area contributed by atoms with Crippen LogP contribution in [0, 0.1) is 12.3 Å². The molecule has 0 spiro atoms. The van der Waals surface area contributed by atoms with Crippen LogP contribution < -0.4 is 5.32 Å². The minimum Gasteiger partial charge on any atom is -0.307 e. The Morgan fingerprint density at radius 2 is 2.10 bits per heavy atom. The van der Waals surface area contributed by atoms with E-state index in [1.54, 1.807) is 6.20 Å². The van der Waals surface area contributed by atoms with Crippen LogP contribution in [0.5, 0.6) is 0 Å². The van der Waals surface area contributed by atoms with Gasteiger partial charge in [0.1, 0.15) is 5.82 Å². The molecule has 5 rings (SSSR count). The largest absolute Gasteiger partial charge is 0.307 e. The van der Waals surface area contributed by atoms with Crippen LogP contribution in [0.25, 0.3) is 16.9 Å². The van der Waals surface area contributed by atoms with E-state index in [1.165, 1.54) is 25.7 Å². The van der Waals surface area contributed by atoms with Crippen LogP contribution in [-0.4, -0.2) is 34.8 Å². The maximum absolute atomic E-state index is 4.62. The first kappa shape index (κ1) is 17.8. The standard InChI is InChI=1S/C21H24N8/c1-3-21(7-4-8-21)13-19-28-27-18-12-15(6-10-29(18)19)16-5-9-22-20(23-16)24-17-11-14(2)25-26-17/h5-6,9-12H,3-4,7-8,13H2,1-2H3,(H2,22,23,24,25,26). The van der Waals surface area contributed by atoms with E-state index in [0.717, 1.165) is 34.8 Å². The number of aryl methyl sites for hydroxylation is 1. The first-order chi connectivity index (χ1) is 14.1. The molecule has 0 aliphatic heterocycles. The highest BCUT2D eigenvalue weighted by Gasteiger charge is 2.36. The molecule has 4 aromatic rings. The molecule has 0 amide bonds. The van der Waals surface area contributed by atoms with Gasteiger partial charge in [0.05, 0.1) is 5.69 Å². The van der Waals surface area contributed by atoms with E-state index in [1.807, 2.05) is 31.3 Å². The first-order valence-electron chi connectivity index (χ1n) is 10.1. The van der Waals surface area contributed by atoms with Crippen molar-refractivity contribution in [3.63, 3.8) is 0 Å². The van der Waals surface area contributed by atoms with Crippen molar-refractivity contribution in [2.75, 3.05) is 5.32 Å². The van der Waals surface area contributed by atoms with E-state index in [0.29, 0.717) is 17.2 Å². The van der Waals surface area contributed by atoms with Gasteiger partial charge in [0.25, 0.3) is 0 Å². The van der Waals surface area contributed by atoms with Crippen molar-refractivity contribution < 1.29 is 0 Å². The SMILES string of the molecule is CCC1(Cc2nnc3cc(-c4ccnc(Nc5cc(C)[nH]n5)n4)ccn23)CCC1. The number of aromatic amines is 1. The highest BCUT2D eigenvalue weighted by molar-refractivity contribution is 5.65. The van der Waals surface area contributed by atoms with Gasteiger partial charge in [-0.3, -0.25) is 9.50 Å². The van der Waals surface area contributed by atoms with Gasteiger partial charge in [0.15, 0.2) is 11.5 Å². The second-order valence-corrected chi connectivity index (χ2v) is 7.97. The Morgan fingerprint density at radius 3 is 2.83 bits per heavy atom. The lowest BCUT2D eigenvalue weighted by molar-refractivity contribution is 0.123. The number of H-pyrrole nitrogens is 1. The molecular formula is C21H24N8. The second kappa shape index (κ2) is 6.95. The van der Waals surface area contributed by atoms with Crippen LogP contribution in [0.3, 0.4) is 0 Å². The molecule has 1 fully saturated rings. The summed E-state index contributed by atoms with van der Waals surface area (Å²) in [7, 11) is 0. The number of rotatable bonds is 6. The summed E-state index contributed by atoms with van der Waals surface area (Å²) in [5, 5.41) is 19.1. The van der Waals surface area contributed by atoms with E-state index in [4.69, 9.17) is 0 Å². The highest BCUT2D eigenvalue weighted by atomic mass is 15.2. The predicted molar refractivity (Wildman–Crippen MR) is 111 cm³/mol. The number of pyridine rings is 1. The molecule has 1 aliphatic rings. The zero-order chi connectivity index (χ0) is 19.8. The van der Waals surface area contributed by atoms with Gasteiger partial charge >= 0.3 is 0 Å². The van der Waals surface area contributed by atoms with Crippen molar-refractivity contribution in [3.05, 3.63) is 48.2 Å². The smallest absolute Gasteiger partial charge is 0.228 e. The van der Waals surface area contributed by atoms with Crippen molar-refractivity contribution in [1.82, 2.24) is 34.8 Å². The van der Waals surface area contributed by atoms with E-state index < -0.39 is 0 Å². The van der Waals surface area contributed by atoms with Gasteiger partial charge in [-0.1, -0.05) is 19.8 Å². The lowest BCUT2D eigenvalue weighted by atomic mass is 9.65. The van der Waals surface area contributed by atoms with Gasteiger partial charge < -0.3 is 5.32 Å². The average molecular weight is 388 g/mol. The number of fused-ring (bicyclic) bond motifs is 1. The van der Waals surface area contributed by atoms with Gasteiger partial charge in [-0.15, -0.1) is 10.2 Å². The quantitative estimate of drug-likeness (QED) is 0.516. The highest BCUT2D eigenvalue weighted by Crippen LogP contribution is 2.46. The molecule has 8 nitrogen and oxygen atoms in total. The number of hydrogen-bond acceptors (Lipinski definition) is 6. The van der Waals surface area contributed by atoms with Crippen molar-refractivity contribution in [1.29, 1.82) is 0 Å². The summed E-state index contributed by atoms with van der Waals surface area (Å²) in [4.78, 5) is 8.91. The summed E-state index contributed by atoms with van der Waals surface area (Å²) in [5.74, 6) is 2.25. The topological polar surface area (TPSA) is 96.7 Å². The van der Waals surface area contributed by atoms with Crippen molar-refractivity contribution in [2.45, 2.75) is 46.0 Å². The van der Waals surface area contributed by atoms with E-state index in [-0.39, 0.29) is 0 Å². The minimum absolute atomic E-state index is 0.416.